The zero-order valence-corrected chi connectivity index (χ0v) is 29.6. The Hall–Kier alpha value is -5.78. The second-order valence-electron chi connectivity index (χ2n) is 14.5. The van der Waals surface area contributed by atoms with Crippen molar-refractivity contribution in [1.29, 1.82) is 0 Å². The van der Waals surface area contributed by atoms with Crippen LogP contribution in [0.15, 0.2) is 146 Å². The zero-order chi connectivity index (χ0) is 33.8. The van der Waals surface area contributed by atoms with E-state index in [0.717, 1.165) is 33.3 Å². The first-order valence-electron chi connectivity index (χ1n) is 17.4. The van der Waals surface area contributed by atoms with E-state index in [0.29, 0.717) is 0 Å². The first kappa shape index (κ1) is 29.2. The molecule has 0 amide bonds. The lowest BCUT2D eigenvalue weighted by atomic mass is 9.61. The third-order valence-corrected chi connectivity index (χ3v) is 14.8. The summed E-state index contributed by atoms with van der Waals surface area (Å²) in [5, 5.41) is 4.15. The van der Waals surface area contributed by atoms with Crippen LogP contribution >= 0.6 is 0 Å². The second-order valence-corrected chi connectivity index (χ2v) is 18.8. The molecular weight excluding hydrogens is 625 g/mol. The summed E-state index contributed by atoms with van der Waals surface area (Å²) >= 11 is 0. The molecule has 240 valence electrons. The van der Waals surface area contributed by atoms with Crippen LogP contribution in [0.5, 0.6) is 0 Å². The predicted molar refractivity (Wildman–Crippen MR) is 209 cm³/mol. The van der Waals surface area contributed by atoms with E-state index in [1.807, 2.05) is 30.7 Å². The van der Waals surface area contributed by atoms with E-state index >= 15 is 0 Å². The van der Waals surface area contributed by atoms with E-state index in [2.05, 4.69) is 157 Å². The van der Waals surface area contributed by atoms with Crippen molar-refractivity contribution in [3.05, 3.63) is 179 Å². The minimum Gasteiger partial charge on any atom is -0.310 e. The molecule has 0 saturated heterocycles. The van der Waals surface area contributed by atoms with E-state index in [4.69, 9.17) is 4.98 Å². The lowest BCUT2D eigenvalue weighted by Crippen LogP contribution is -2.64. The van der Waals surface area contributed by atoms with Gasteiger partial charge in [0.2, 0.25) is 0 Å². The SMILES string of the molecule is Cc1ccc2c(c1)C1(c3cc(C)ccc3N2c2ccc3c(c2)c2ncccc2n3-c2cccnc2)c2ccccc2[Si](C)(C)c2ccccc21. The lowest BCUT2D eigenvalue weighted by molar-refractivity contribution is 0.733. The maximum Gasteiger partial charge on any atom is 0.113 e. The van der Waals surface area contributed by atoms with E-state index in [9.17, 15) is 0 Å². The fraction of sp³-hybridized carbons (Fsp3) is 0.111. The average molecular weight is 661 g/mol. The molecule has 0 radical (unpaired) electrons. The average Bonchev–Trinajstić information content (AvgIpc) is 3.48. The first-order valence-corrected chi connectivity index (χ1v) is 20.4. The number of pyridine rings is 2. The quantitative estimate of drug-likeness (QED) is 0.173. The molecule has 2 aliphatic rings. The summed E-state index contributed by atoms with van der Waals surface area (Å²) in [7, 11) is -2.00. The Morgan fingerprint density at radius 2 is 1.20 bits per heavy atom. The van der Waals surface area contributed by atoms with Gasteiger partial charge in [0, 0.05) is 23.5 Å². The first-order chi connectivity index (χ1) is 24.4. The number of anilines is 3. The van der Waals surface area contributed by atoms with Crippen LogP contribution in [0.3, 0.4) is 0 Å². The van der Waals surface area contributed by atoms with Gasteiger partial charge >= 0.3 is 0 Å². The Morgan fingerprint density at radius 3 is 1.84 bits per heavy atom. The molecule has 3 aromatic heterocycles. The lowest BCUT2D eigenvalue weighted by Gasteiger charge is -2.52. The van der Waals surface area contributed by atoms with Crippen molar-refractivity contribution in [2.24, 2.45) is 0 Å². The van der Waals surface area contributed by atoms with Crippen LogP contribution in [0.2, 0.25) is 13.1 Å². The minimum atomic E-state index is -2.00. The Bertz CT molecular complexity index is 2570. The Morgan fingerprint density at radius 1 is 0.560 bits per heavy atom. The van der Waals surface area contributed by atoms with Crippen LogP contribution < -0.4 is 15.3 Å². The summed E-state index contributed by atoms with van der Waals surface area (Å²) in [6.45, 7) is 9.50. The Labute approximate surface area is 293 Å². The van der Waals surface area contributed by atoms with Gasteiger partial charge < -0.3 is 9.47 Å². The summed E-state index contributed by atoms with van der Waals surface area (Å²) in [6.07, 6.45) is 5.64. The number of aromatic nitrogens is 3. The molecule has 8 aromatic rings. The highest BCUT2D eigenvalue weighted by molar-refractivity contribution is 7.01. The predicted octanol–water partition coefficient (Wildman–Crippen LogP) is 9.49. The fourth-order valence-corrected chi connectivity index (χ4v) is 12.4. The monoisotopic (exact) mass is 660 g/mol. The number of fused-ring (bicyclic) bond motifs is 11. The molecule has 50 heavy (non-hydrogen) atoms. The third-order valence-electron chi connectivity index (χ3n) is 11.3. The van der Waals surface area contributed by atoms with Gasteiger partial charge in [0.05, 0.1) is 45.2 Å². The summed E-state index contributed by atoms with van der Waals surface area (Å²) in [5.41, 5.74) is 15.3. The largest absolute Gasteiger partial charge is 0.310 e. The summed E-state index contributed by atoms with van der Waals surface area (Å²) < 4.78 is 2.27. The van der Waals surface area contributed by atoms with E-state index in [-0.39, 0.29) is 0 Å². The van der Waals surface area contributed by atoms with Gasteiger partial charge in [-0.25, -0.2) is 0 Å². The van der Waals surface area contributed by atoms with Crippen LogP contribution in [0.4, 0.5) is 17.1 Å². The van der Waals surface area contributed by atoms with E-state index in [1.165, 1.54) is 55.1 Å². The molecule has 0 fully saturated rings. The number of nitrogens with zero attached hydrogens (tertiary/aromatic N) is 4. The summed E-state index contributed by atoms with van der Waals surface area (Å²) in [4.78, 5) is 11.9. The van der Waals surface area contributed by atoms with Crippen molar-refractivity contribution in [1.82, 2.24) is 14.5 Å². The smallest absolute Gasteiger partial charge is 0.113 e. The minimum absolute atomic E-state index is 0.461. The van der Waals surface area contributed by atoms with E-state index in [1.54, 1.807) is 0 Å². The molecule has 10 rings (SSSR count). The van der Waals surface area contributed by atoms with Crippen LogP contribution in [0, 0.1) is 13.8 Å². The fourth-order valence-electron chi connectivity index (χ4n) is 9.15. The standard InChI is InChI=1S/C45H36N4Si/c1-29-17-20-39-36(25-29)45(34-12-5-7-15-42(34)50(3,4)43-16-8-6-13-35(43)45)37-26-30(2)18-21-40(37)48(39)31-19-22-38-33(27-31)44-41(14-10-24-47-44)49(38)32-11-9-23-46-28-32/h5-28H,1-4H3. The van der Waals surface area contributed by atoms with Gasteiger partial charge in [0.15, 0.2) is 0 Å². The van der Waals surface area contributed by atoms with Crippen molar-refractivity contribution in [3.8, 4) is 5.69 Å². The normalized spacial score (nSPS) is 15.1. The van der Waals surface area contributed by atoms with Crippen LogP contribution in [0.25, 0.3) is 27.6 Å². The number of aryl methyl sites for hydroxylation is 2. The molecule has 0 atom stereocenters. The van der Waals surface area contributed by atoms with Gasteiger partial charge in [0.25, 0.3) is 0 Å². The number of hydrogen-bond acceptors (Lipinski definition) is 3. The van der Waals surface area contributed by atoms with Crippen molar-refractivity contribution in [2.45, 2.75) is 32.4 Å². The molecule has 0 aliphatic carbocycles. The van der Waals surface area contributed by atoms with Gasteiger partial charge in [-0.05, 0) is 101 Å². The zero-order valence-electron chi connectivity index (χ0n) is 28.6. The van der Waals surface area contributed by atoms with Crippen molar-refractivity contribution in [2.75, 3.05) is 4.90 Å². The topological polar surface area (TPSA) is 34.0 Å². The molecule has 0 bridgehead atoms. The van der Waals surface area contributed by atoms with Crippen LogP contribution in [-0.2, 0) is 5.41 Å². The molecule has 4 nitrogen and oxygen atoms in total. The Balaban J connectivity index is 1.31. The highest BCUT2D eigenvalue weighted by atomic mass is 28.3. The molecule has 5 aromatic carbocycles. The molecule has 0 N–H and O–H groups in total. The molecule has 2 aliphatic heterocycles. The maximum absolute atomic E-state index is 4.93. The number of hydrogen-bond donors (Lipinski definition) is 0. The van der Waals surface area contributed by atoms with Gasteiger partial charge in [-0.2, -0.15) is 0 Å². The Kier molecular flexibility index (Phi) is 6.04. The highest BCUT2D eigenvalue weighted by Gasteiger charge is 2.53. The van der Waals surface area contributed by atoms with Crippen molar-refractivity contribution in [3.63, 3.8) is 0 Å². The number of benzene rings is 5. The molecule has 5 heteroatoms. The van der Waals surface area contributed by atoms with Gasteiger partial charge in [-0.1, -0.05) is 97.0 Å². The van der Waals surface area contributed by atoms with Gasteiger partial charge in [-0.3, -0.25) is 9.97 Å². The van der Waals surface area contributed by atoms with Crippen LogP contribution in [0.1, 0.15) is 33.4 Å². The molecule has 1 spiro atoms. The van der Waals surface area contributed by atoms with Crippen LogP contribution in [-0.4, -0.2) is 22.6 Å². The highest BCUT2D eigenvalue weighted by Crippen LogP contribution is 2.59. The van der Waals surface area contributed by atoms with Crippen molar-refractivity contribution >= 4 is 57.4 Å². The molecular formula is C45H36N4Si. The summed E-state index contributed by atoms with van der Waals surface area (Å²) in [5.74, 6) is 0. The molecule has 5 heterocycles. The second kappa shape index (κ2) is 10.4. The number of rotatable bonds is 2. The van der Waals surface area contributed by atoms with Crippen molar-refractivity contribution < 1.29 is 0 Å². The van der Waals surface area contributed by atoms with Gasteiger partial charge in [0.1, 0.15) is 8.07 Å². The maximum atomic E-state index is 4.93. The van der Waals surface area contributed by atoms with Gasteiger partial charge in [-0.15, -0.1) is 0 Å². The van der Waals surface area contributed by atoms with E-state index < -0.39 is 13.5 Å². The third kappa shape index (κ3) is 3.75. The summed E-state index contributed by atoms with van der Waals surface area (Å²) in [6, 6.07) is 47.9. The molecule has 0 saturated carbocycles. The molecule has 0 unspecified atom stereocenters.